The van der Waals surface area contributed by atoms with Crippen molar-refractivity contribution in [3.8, 4) is 0 Å². The summed E-state index contributed by atoms with van der Waals surface area (Å²) in [5.74, 6) is -5.08. The summed E-state index contributed by atoms with van der Waals surface area (Å²) in [5.41, 5.74) is 2.87. The first-order valence-electron chi connectivity index (χ1n) is 24.6. The Hall–Kier alpha value is -5.87. The second kappa shape index (κ2) is 23.8. The molecular formula is C54H75N5O10Si. The van der Waals surface area contributed by atoms with Crippen molar-refractivity contribution in [1.82, 2.24) is 25.8 Å². The molecule has 5 rings (SSSR count). The lowest BCUT2D eigenvalue weighted by molar-refractivity contribution is -0.159. The van der Waals surface area contributed by atoms with Gasteiger partial charge in [-0.15, -0.1) is 0 Å². The van der Waals surface area contributed by atoms with E-state index in [1.807, 2.05) is 60.7 Å². The van der Waals surface area contributed by atoms with Crippen molar-refractivity contribution in [2.24, 2.45) is 5.92 Å². The molecule has 2 aliphatic rings. The molecule has 1 unspecified atom stereocenters. The first kappa shape index (κ1) is 55.1. The van der Waals surface area contributed by atoms with Gasteiger partial charge >= 0.3 is 12.1 Å². The predicted molar refractivity (Wildman–Crippen MR) is 270 cm³/mol. The van der Waals surface area contributed by atoms with Crippen LogP contribution in [0.5, 0.6) is 0 Å². The molecule has 1 fully saturated rings. The van der Waals surface area contributed by atoms with Crippen molar-refractivity contribution >= 4 is 49.8 Å². The number of carbonyl (C=O) groups is 7. The number of hydrogen-bond acceptors (Lipinski definition) is 10. The van der Waals surface area contributed by atoms with E-state index < -0.39 is 97.7 Å². The number of nitrogens with one attached hydrogen (secondary N) is 3. The molecule has 6 atom stereocenters. The quantitative estimate of drug-likeness (QED) is 0.0651. The van der Waals surface area contributed by atoms with E-state index in [0.717, 1.165) is 22.3 Å². The van der Waals surface area contributed by atoms with Crippen LogP contribution in [0.15, 0.2) is 84.9 Å². The second-order valence-electron chi connectivity index (χ2n) is 21.4. The van der Waals surface area contributed by atoms with Crippen molar-refractivity contribution in [2.75, 3.05) is 13.1 Å². The Balaban J connectivity index is 1.41. The molecule has 0 aliphatic carbocycles. The van der Waals surface area contributed by atoms with Crippen LogP contribution in [0.1, 0.15) is 104 Å². The monoisotopic (exact) mass is 982 g/mol. The number of fused-ring (bicyclic) bond motifs is 1. The lowest BCUT2D eigenvalue weighted by atomic mass is 10.0. The van der Waals surface area contributed by atoms with E-state index in [-0.39, 0.29) is 37.3 Å². The van der Waals surface area contributed by atoms with E-state index in [0.29, 0.717) is 25.9 Å². The smallest absolute Gasteiger partial charge is 0.410 e. The maximum atomic E-state index is 15.0. The molecule has 1 saturated heterocycles. The number of ether oxygens (including phenoxy) is 2. The third-order valence-electron chi connectivity index (χ3n) is 13.2. The minimum Gasteiger partial charge on any atom is -0.458 e. The zero-order chi connectivity index (χ0) is 51.6. The molecule has 2 heterocycles. The fourth-order valence-electron chi connectivity index (χ4n) is 8.36. The Morgan fingerprint density at radius 3 is 1.91 bits per heavy atom. The summed E-state index contributed by atoms with van der Waals surface area (Å²) < 4.78 is 18.4. The number of ketones is 1. The molecule has 3 N–H and O–H groups in total. The predicted octanol–water partition coefficient (Wildman–Crippen LogP) is 6.85. The number of hydrogen-bond donors (Lipinski definition) is 3. The number of nitrogens with zero attached hydrogens (tertiary/aromatic N) is 2. The lowest BCUT2D eigenvalue weighted by Crippen LogP contribution is -2.59. The number of carbonyl (C=O) groups excluding carboxylic acids is 7. The highest BCUT2D eigenvalue weighted by molar-refractivity contribution is 6.74. The fourth-order valence-corrected chi connectivity index (χ4v) is 9.61. The van der Waals surface area contributed by atoms with Gasteiger partial charge in [-0.25, -0.2) is 9.59 Å². The van der Waals surface area contributed by atoms with Crippen molar-refractivity contribution in [2.45, 2.75) is 167 Å². The van der Waals surface area contributed by atoms with Gasteiger partial charge in [-0.05, 0) is 79.9 Å². The van der Waals surface area contributed by atoms with Crippen LogP contribution in [-0.2, 0) is 68.5 Å². The topological polar surface area (TPSA) is 190 Å². The van der Waals surface area contributed by atoms with Gasteiger partial charge in [0.1, 0.15) is 35.9 Å². The number of likely N-dealkylation sites (tertiary alicyclic amines) is 1. The van der Waals surface area contributed by atoms with Gasteiger partial charge in [0, 0.05) is 32.4 Å². The van der Waals surface area contributed by atoms with Crippen LogP contribution in [0, 0.1) is 5.92 Å². The Bertz CT molecular complexity index is 2310. The average Bonchev–Trinajstić information content (AvgIpc) is 3.72. The third-order valence-corrected chi connectivity index (χ3v) is 17.7. The fraction of sp³-hybridized carbons (Fsp3) is 0.537. The minimum atomic E-state index is -2.52. The van der Waals surface area contributed by atoms with Crippen molar-refractivity contribution in [3.63, 3.8) is 0 Å². The van der Waals surface area contributed by atoms with Gasteiger partial charge in [0.15, 0.2) is 8.32 Å². The summed E-state index contributed by atoms with van der Waals surface area (Å²) in [5, 5.41) is 8.07. The van der Waals surface area contributed by atoms with Crippen LogP contribution in [0.4, 0.5) is 4.79 Å². The summed E-state index contributed by atoms with van der Waals surface area (Å²) in [4.78, 5) is 102. The molecule has 16 heteroatoms. The molecule has 0 aromatic heterocycles. The first-order chi connectivity index (χ1) is 32.9. The van der Waals surface area contributed by atoms with Gasteiger partial charge in [0.25, 0.3) is 5.91 Å². The van der Waals surface area contributed by atoms with Crippen molar-refractivity contribution in [1.29, 1.82) is 0 Å². The molecule has 70 heavy (non-hydrogen) atoms. The molecule has 3 aromatic carbocycles. The van der Waals surface area contributed by atoms with Crippen molar-refractivity contribution < 1.29 is 47.5 Å². The zero-order valence-electron chi connectivity index (χ0n) is 43.0. The average molecular weight is 982 g/mol. The van der Waals surface area contributed by atoms with E-state index in [1.54, 1.807) is 70.7 Å². The Kier molecular flexibility index (Phi) is 18.7. The zero-order valence-corrected chi connectivity index (χ0v) is 44.0. The van der Waals surface area contributed by atoms with Crippen LogP contribution in [-0.4, -0.2) is 115 Å². The standard InChI is InChI=1S/C54H75N5O10Si/c1-12-21-41(46(60)49(63)56-42(51(65)68-53(4,5)6)30-36-22-15-13-16-23-36)55-47(61)43-32-40(67-52(66)58-29-28-38-26-19-20-27-39(38)33-58)34-59(43)50(64)45(35(2)3)57-48(62)44(31-37-24-17-14-18-25-37)69-70(10,11)54(7,8)9/h13-20,22-27,35,40-45H,12,21,28-34H2,1-11H3,(H,55,61)(H,56,63)(H,57,62)/t40-,41?,42-,43+,44+,45+/m1/s1. The Labute approximate surface area is 415 Å². The van der Waals surface area contributed by atoms with Gasteiger partial charge < -0.3 is 39.6 Å². The minimum absolute atomic E-state index is 0.0474. The van der Waals surface area contributed by atoms with Crippen LogP contribution in [0.2, 0.25) is 18.1 Å². The van der Waals surface area contributed by atoms with Gasteiger partial charge in [-0.3, -0.25) is 24.0 Å². The number of amides is 5. The molecule has 0 bridgehead atoms. The van der Waals surface area contributed by atoms with Gasteiger partial charge in [0.05, 0.1) is 12.6 Å². The summed E-state index contributed by atoms with van der Waals surface area (Å²) in [7, 11) is -2.52. The number of Topliss-reactive ketones (excluding diaryl/α,β-unsaturated/α-hetero) is 1. The van der Waals surface area contributed by atoms with Crippen LogP contribution in [0.3, 0.4) is 0 Å². The summed E-state index contributed by atoms with van der Waals surface area (Å²) >= 11 is 0. The first-order valence-corrected chi connectivity index (χ1v) is 27.5. The van der Waals surface area contributed by atoms with Crippen LogP contribution < -0.4 is 16.0 Å². The van der Waals surface area contributed by atoms with E-state index in [2.05, 4.69) is 49.8 Å². The maximum absolute atomic E-state index is 15.0. The van der Waals surface area contributed by atoms with Crippen LogP contribution in [0.25, 0.3) is 0 Å². The highest BCUT2D eigenvalue weighted by Gasteiger charge is 2.47. The van der Waals surface area contributed by atoms with Crippen molar-refractivity contribution in [3.05, 3.63) is 107 Å². The number of benzene rings is 3. The maximum Gasteiger partial charge on any atom is 0.410 e. The molecule has 0 radical (unpaired) electrons. The van der Waals surface area contributed by atoms with E-state index in [4.69, 9.17) is 13.9 Å². The highest BCUT2D eigenvalue weighted by Crippen LogP contribution is 2.38. The van der Waals surface area contributed by atoms with E-state index in [1.165, 1.54) is 4.90 Å². The van der Waals surface area contributed by atoms with Gasteiger partial charge in [0.2, 0.25) is 23.5 Å². The number of esters is 1. The second-order valence-corrected chi connectivity index (χ2v) is 26.2. The van der Waals surface area contributed by atoms with Gasteiger partial charge in [-0.1, -0.05) is 133 Å². The molecular weight excluding hydrogens is 907 g/mol. The third kappa shape index (κ3) is 15.1. The molecule has 380 valence electrons. The highest BCUT2D eigenvalue weighted by atomic mass is 28.4. The van der Waals surface area contributed by atoms with E-state index >= 15 is 0 Å². The summed E-state index contributed by atoms with van der Waals surface area (Å²) in [6.45, 7) is 21.4. The summed E-state index contributed by atoms with van der Waals surface area (Å²) in [6, 6.07) is 21.4. The molecule has 0 spiro atoms. The normalized spacial score (nSPS) is 17.9. The summed E-state index contributed by atoms with van der Waals surface area (Å²) in [6.07, 6.45) is -1.19. The van der Waals surface area contributed by atoms with Gasteiger partial charge in [-0.2, -0.15) is 0 Å². The lowest BCUT2D eigenvalue weighted by Gasteiger charge is -2.39. The van der Waals surface area contributed by atoms with E-state index in [9.17, 15) is 33.6 Å². The SMILES string of the molecule is CCCC(NC(=O)[C@@H]1C[C@@H](OC(=O)N2CCc3ccccc3C2)CN1C(=O)[C@@H](NC(=O)[C@H](Cc1ccccc1)O[Si](C)(C)C(C)(C)C)C(C)C)C(=O)C(=O)N[C@H](Cc1ccccc1)C(=O)OC(C)(C)C. The molecule has 0 saturated carbocycles. The Morgan fingerprint density at radius 1 is 0.757 bits per heavy atom. The Morgan fingerprint density at radius 2 is 1.34 bits per heavy atom. The van der Waals surface area contributed by atoms with Crippen LogP contribution >= 0.6 is 0 Å². The molecule has 5 amide bonds. The molecule has 2 aliphatic heterocycles. The number of rotatable bonds is 19. The molecule has 3 aromatic rings. The largest absolute Gasteiger partial charge is 0.458 e. The molecule has 15 nitrogen and oxygen atoms in total.